The number of anilines is 4. The van der Waals surface area contributed by atoms with Crippen LogP contribution in [0, 0.1) is 20.8 Å². The van der Waals surface area contributed by atoms with Gasteiger partial charge in [-0.05, 0) is 44.5 Å². The van der Waals surface area contributed by atoms with E-state index in [1.165, 1.54) is 11.1 Å². The molecule has 5 nitrogen and oxygen atoms in total. The Hall–Kier alpha value is -3.08. The minimum atomic E-state index is 0.542. The molecule has 0 aliphatic heterocycles. The summed E-state index contributed by atoms with van der Waals surface area (Å²) in [6, 6.07) is 15.9. The molecule has 3 aromatic rings. The van der Waals surface area contributed by atoms with Crippen molar-refractivity contribution in [2.45, 2.75) is 20.8 Å². The van der Waals surface area contributed by atoms with Gasteiger partial charge in [0.15, 0.2) is 0 Å². The topological polar surface area (TPSA) is 59.1 Å². The van der Waals surface area contributed by atoms with Gasteiger partial charge >= 0.3 is 0 Å². The fourth-order valence-electron chi connectivity index (χ4n) is 2.61. The fraction of sp³-hybridized carbons (Fsp3) is 0.200. The monoisotopic (exact) mass is 334 g/mol. The minimum absolute atomic E-state index is 0.542. The highest BCUT2D eigenvalue weighted by atomic mass is 16.5. The van der Waals surface area contributed by atoms with Crippen LogP contribution in [-0.4, -0.2) is 17.1 Å². The average molecular weight is 334 g/mol. The van der Waals surface area contributed by atoms with Crippen LogP contribution < -0.4 is 15.4 Å². The van der Waals surface area contributed by atoms with Gasteiger partial charge in [0.25, 0.3) is 0 Å². The Morgan fingerprint density at radius 2 is 1.72 bits per heavy atom. The number of ether oxygens (including phenoxy) is 1. The summed E-state index contributed by atoms with van der Waals surface area (Å²) in [6.07, 6.45) is 0. The quantitative estimate of drug-likeness (QED) is 0.695. The Morgan fingerprint density at radius 1 is 0.880 bits per heavy atom. The SMILES string of the molecule is COc1cccc(Nc2nc(C)cc(Nc3ccc(C)cc3C)n2)c1. The van der Waals surface area contributed by atoms with Gasteiger partial charge in [-0.1, -0.05) is 23.8 Å². The third kappa shape index (κ3) is 4.26. The number of aryl methyl sites for hydroxylation is 3. The van der Waals surface area contributed by atoms with Gasteiger partial charge in [0.1, 0.15) is 11.6 Å². The number of benzene rings is 2. The number of nitrogens with zero attached hydrogens (tertiary/aromatic N) is 2. The second-order valence-corrected chi connectivity index (χ2v) is 6.02. The van der Waals surface area contributed by atoms with Gasteiger partial charge < -0.3 is 15.4 Å². The number of nitrogens with one attached hydrogen (secondary N) is 2. The summed E-state index contributed by atoms with van der Waals surface area (Å²) in [5.74, 6) is 2.08. The third-order valence-electron chi connectivity index (χ3n) is 3.82. The van der Waals surface area contributed by atoms with E-state index in [2.05, 4.69) is 52.6 Å². The first-order chi connectivity index (χ1) is 12.0. The van der Waals surface area contributed by atoms with Crippen LogP contribution in [0.4, 0.5) is 23.1 Å². The van der Waals surface area contributed by atoms with Crippen molar-refractivity contribution in [3.8, 4) is 5.75 Å². The molecule has 128 valence electrons. The van der Waals surface area contributed by atoms with Gasteiger partial charge in [-0.2, -0.15) is 4.98 Å². The van der Waals surface area contributed by atoms with E-state index in [0.29, 0.717) is 5.95 Å². The lowest BCUT2D eigenvalue weighted by Crippen LogP contribution is -2.03. The molecule has 0 saturated heterocycles. The fourth-order valence-corrected chi connectivity index (χ4v) is 2.61. The molecule has 0 saturated carbocycles. The summed E-state index contributed by atoms with van der Waals surface area (Å²) in [7, 11) is 1.65. The summed E-state index contributed by atoms with van der Waals surface area (Å²) in [5, 5.41) is 6.60. The standard InChI is InChI=1S/C20H22N4O/c1-13-8-9-18(14(2)10-13)23-19-11-15(3)21-20(24-19)22-16-6-5-7-17(12-16)25-4/h5-12H,1-4H3,(H2,21,22,23,24). The van der Waals surface area contributed by atoms with E-state index in [-0.39, 0.29) is 0 Å². The Balaban J connectivity index is 1.84. The average Bonchev–Trinajstić information content (AvgIpc) is 2.57. The van der Waals surface area contributed by atoms with Crippen LogP contribution in [0.1, 0.15) is 16.8 Å². The van der Waals surface area contributed by atoms with Crippen molar-refractivity contribution >= 4 is 23.1 Å². The molecule has 0 aliphatic rings. The molecule has 0 bridgehead atoms. The van der Waals surface area contributed by atoms with E-state index in [1.54, 1.807) is 7.11 Å². The zero-order chi connectivity index (χ0) is 17.8. The molecule has 5 heteroatoms. The third-order valence-corrected chi connectivity index (χ3v) is 3.82. The Bertz CT molecular complexity index is 893. The lowest BCUT2D eigenvalue weighted by atomic mass is 10.1. The highest BCUT2D eigenvalue weighted by Gasteiger charge is 2.06. The van der Waals surface area contributed by atoms with Gasteiger partial charge in [-0.3, -0.25) is 0 Å². The second kappa shape index (κ2) is 7.21. The number of hydrogen-bond acceptors (Lipinski definition) is 5. The van der Waals surface area contributed by atoms with Crippen LogP contribution in [0.2, 0.25) is 0 Å². The number of rotatable bonds is 5. The molecule has 3 rings (SSSR count). The Labute approximate surface area is 148 Å². The molecule has 0 atom stereocenters. The van der Waals surface area contributed by atoms with Crippen LogP contribution >= 0.6 is 0 Å². The molecular weight excluding hydrogens is 312 g/mol. The van der Waals surface area contributed by atoms with Gasteiger partial charge in [0.2, 0.25) is 5.95 Å². The maximum absolute atomic E-state index is 5.25. The summed E-state index contributed by atoms with van der Waals surface area (Å²) in [4.78, 5) is 9.03. The van der Waals surface area contributed by atoms with E-state index in [9.17, 15) is 0 Å². The van der Waals surface area contributed by atoms with Gasteiger partial charge in [-0.15, -0.1) is 0 Å². The second-order valence-electron chi connectivity index (χ2n) is 6.02. The Morgan fingerprint density at radius 3 is 2.48 bits per heavy atom. The lowest BCUT2D eigenvalue weighted by Gasteiger charge is -2.12. The maximum Gasteiger partial charge on any atom is 0.229 e. The van der Waals surface area contributed by atoms with E-state index in [1.807, 2.05) is 37.3 Å². The van der Waals surface area contributed by atoms with Crippen molar-refractivity contribution < 1.29 is 4.74 Å². The zero-order valence-electron chi connectivity index (χ0n) is 14.9. The Kier molecular flexibility index (Phi) is 4.84. The van der Waals surface area contributed by atoms with E-state index in [4.69, 9.17) is 4.74 Å². The first-order valence-electron chi connectivity index (χ1n) is 8.14. The molecule has 0 radical (unpaired) electrons. The van der Waals surface area contributed by atoms with Gasteiger partial charge in [0, 0.05) is 29.2 Å². The maximum atomic E-state index is 5.25. The molecule has 1 aromatic heterocycles. The van der Waals surface area contributed by atoms with Crippen molar-refractivity contribution in [1.82, 2.24) is 9.97 Å². The van der Waals surface area contributed by atoms with Crippen molar-refractivity contribution in [2.24, 2.45) is 0 Å². The molecule has 25 heavy (non-hydrogen) atoms. The molecule has 2 aromatic carbocycles. The molecule has 0 aliphatic carbocycles. The summed E-state index contributed by atoms with van der Waals surface area (Å²) in [6.45, 7) is 6.12. The van der Waals surface area contributed by atoms with Gasteiger partial charge in [0.05, 0.1) is 7.11 Å². The van der Waals surface area contributed by atoms with E-state index >= 15 is 0 Å². The largest absolute Gasteiger partial charge is 0.497 e. The van der Waals surface area contributed by atoms with Crippen molar-refractivity contribution in [1.29, 1.82) is 0 Å². The normalized spacial score (nSPS) is 10.4. The van der Waals surface area contributed by atoms with Crippen LogP contribution in [0.15, 0.2) is 48.5 Å². The zero-order valence-corrected chi connectivity index (χ0v) is 14.9. The van der Waals surface area contributed by atoms with Gasteiger partial charge in [-0.25, -0.2) is 4.98 Å². The van der Waals surface area contributed by atoms with Crippen LogP contribution in [-0.2, 0) is 0 Å². The predicted molar refractivity (Wildman–Crippen MR) is 102 cm³/mol. The molecule has 0 fully saturated rings. The van der Waals surface area contributed by atoms with Crippen LogP contribution in [0.5, 0.6) is 5.75 Å². The van der Waals surface area contributed by atoms with Crippen molar-refractivity contribution in [3.63, 3.8) is 0 Å². The molecule has 0 unspecified atom stereocenters. The summed E-state index contributed by atoms with van der Waals surface area (Å²) in [5.41, 5.74) is 5.21. The van der Waals surface area contributed by atoms with Crippen molar-refractivity contribution in [2.75, 3.05) is 17.7 Å². The number of hydrogen-bond donors (Lipinski definition) is 2. The predicted octanol–water partition coefficient (Wildman–Crippen LogP) is 4.90. The number of aromatic nitrogens is 2. The smallest absolute Gasteiger partial charge is 0.229 e. The first kappa shape index (κ1) is 16.8. The molecule has 1 heterocycles. The molecular formula is C20H22N4O. The van der Waals surface area contributed by atoms with Crippen LogP contribution in [0.3, 0.4) is 0 Å². The summed E-state index contributed by atoms with van der Waals surface area (Å²) < 4.78 is 5.25. The van der Waals surface area contributed by atoms with Crippen LogP contribution in [0.25, 0.3) is 0 Å². The highest BCUT2D eigenvalue weighted by Crippen LogP contribution is 2.23. The first-order valence-corrected chi connectivity index (χ1v) is 8.14. The van der Waals surface area contributed by atoms with E-state index in [0.717, 1.165) is 28.6 Å². The highest BCUT2D eigenvalue weighted by molar-refractivity contribution is 5.63. The minimum Gasteiger partial charge on any atom is -0.497 e. The molecule has 2 N–H and O–H groups in total. The summed E-state index contributed by atoms with van der Waals surface area (Å²) >= 11 is 0. The van der Waals surface area contributed by atoms with E-state index < -0.39 is 0 Å². The lowest BCUT2D eigenvalue weighted by molar-refractivity contribution is 0.415. The van der Waals surface area contributed by atoms with Crippen molar-refractivity contribution in [3.05, 3.63) is 65.4 Å². The number of methoxy groups -OCH3 is 1. The molecule has 0 spiro atoms. The molecule has 0 amide bonds.